The maximum absolute atomic E-state index is 12.2. The van der Waals surface area contributed by atoms with Crippen molar-refractivity contribution in [2.75, 3.05) is 11.4 Å². The first-order chi connectivity index (χ1) is 8.31. The quantitative estimate of drug-likeness (QED) is 0.859. The van der Waals surface area contributed by atoms with Crippen LogP contribution in [0.25, 0.3) is 0 Å². The predicted octanol–water partition coefficient (Wildman–Crippen LogP) is 2.34. The van der Waals surface area contributed by atoms with Crippen LogP contribution >= 0.6 is 27.5 Å². The first-order valence-corrected chi connectivity index (χ1v) is 6.56. The van der Waals surface area contributed by atoms with Crippen LogP contribution in [0.15, 0.2) is 22.7 Å². The van der Waals surface area contributed by atoms with E-state index in [9.17, 15) is 9.59 Å². The molecule has 1 aliphatic rings. The number of nitrogens with one attached hydrogen (secondary N) is 1. The number of carbonyl (C=O) groups excluding carboxylic acids is 2. The largest absolute Gasteiger partial charge is 0.341 e. The molecule has 1 fully saturated rings. The lowest BCUT2D eigenvalue weighted by molar-refractivity contribution is -0.134. The molecule has 2 amide bonds. The average Bonchev–Trinajstić information content (AvgIpc) is 2.27. The van der Waals surface area contributed by atoms with E-state index in [-0.39, 0.29) is 18.4 Å². The van der Waals surface area contributed by atoms with Crippen LogP contribution in [0.4, 0.5) is 5.69 Å². The first kappa shape index (κ1) is 13.4. The molecule has 1 aromatic carbocycles. The minimum absolute atomic E-state index is 0.0141. The molecule has 0 unspecified atom stereocenters. The number of anilines is 1. The number of piperazine rings is 1. The number of carbonyl (C=O) groups is 2. The fraction of sp³-hybridized carbons (Fsp3) is 0.333. The number of halogens is 2. The highest BCUT2D eigenvalue weighted by Gasteiger charge is 2.39. The third-order valence-electron chi connectivity index (χ3n) is 2.75. The molecule has 1 N–H and O–H groups in total. The second-order valence-electron chi connectivity index (χ2n) is 4.66. The Morgan fingerprint density at radius 1 is 1.39 bits per heavy atom. The van der Waals surface area contributed by atoms with Crippen LogP contribution in [-0.2, 0) is 9.59 Å². The topological polar surface area (TPSA) is 49.4 Å². The summed E-state index contributed by atoms with van der Waals surface area (Å²) >= 11 is 9.29. The van der Waals surface area contributed by atoms with Crippen molar-refractivity contribution in [1.82, 2.24) is 5.32 Å². The van der Waals surface area contributed by atoms with Crippen LogP contribution in [0.5, 0.6) is 0 Å². The van der Waals surface area contributed by atoms with Gasteiger partial charge in [-0.15, -0.1) is 0 Å². The van der Waals surface area contributed by atoms with Gasteiger partial charge >= 0.3 is 0 Å². The zero-order chi connectivity index (χ0) is 13.5. The minimum Gasteiger partial charge on any atom is -0.341 e. The third kappa shape index (κ3) is 2.37. The summed E-state index contributed by atoms with van der Waals surface area (Å²) in [5.41, 5.74) is -0.273. The van der Waals surface area contributed by atoms with Crippen LogP contribution in [0, 0.1) is 0 Å². The van der Waals surface area contributed by atoms with E-state index in [0.29, 0.717) is 10.7 Å². The van der Waals surface area contributed by atoms with Gasteiger partial charge in [-0.2, -0.15) is 0 Å². The van der Waals surface area contributed by atoms with Gasteiger partial charge in [0.1, 0.15) is 12.1 Å². The van der Waals surface area contributed by atoms with Crippen molar-refractivity contribution in [1.29, 1.82) is 0 Å². The molecule has 1 aromatic rings. The van der Waals surface area contributed by atoms with Crippen molar-refractivity contribution in [3.63, 3.8) is 0 Å². The summed E-state index contributed by atoms with van der Waals surface area (Å²) in [7, 11) is 0. The van der Waals surface area contributed by atoms with E-state index >= 15 is 0 Å². The Balaban J connectivity index is 2.39. The zero-order valence-electron chi connectivity index (χ0n) is 9.96. The molecule has 0 saturated carbocycles. The zero-order valence-corrected chi connectivity index (χ0v) is 12.3. The van der Waals surface area contributed by atoms with Gasteiger partial charge in [0.05, 0.1) is 5.02 Å². The van der Waals surface area contributed by atoms with Crippen LogP contribution in [0.3, 0.4) is 0 Å². The van der Waals surface area contributed by atoms with E-state index in [0.717, 1.165) is 4.47 Å². The number of rotatable bonds is 1. The molecule has 0 radical (unpaired) electrons. The van der Waals surface area contributed by atoms with E-state index in [4.69, 9.17) is 11.6 Å². The number of hydrogen-bond donors (Lipinski definition) is 1. The highest BCUT2D eigenvalue weighted by Crippen LogP contribution is 2.29. The lowest BCUT2D eigenvalue weighted by atomic mass is 10.00. The summed E-state index contributed by atoms with van der Waals surface area (Å²) in [6.45, 7) is 3.37. The Hall–Kier alpha value is -1.07. The van der Waals surface area contributed by atoms with Crippen molar-refractivity contribution >= 4 is 45.0 Å². The molecule has 0 bridgehead atoms. The van der Waals surface area contributed by atoms with Crippen molar-refractivity contribution < 1.29 is 9.59 Å². The Morgan fingerprint density at radius 3 is 2.67 bits per heavy atom. The molecule has 0 spiro atoms. The van der Waals surface area contributed by atoms with E-state index < -0.39 is 5.54 Å². The van der Waals surface area contributed by atoms with Crippen LogP contribution in [0.2, 0.25) is 5.02 Å². The molecule has 0 atom stereocenters. The fourth-order valence-corrected chi connectivity index (χ4v) is 2.28. The first-order valence-electron chi connectivity index (χ1n) is 5.39. The van der Waals surface area contributed by atoms with E-state index in [2.05, 4.69) is 21.2 Å². The number of benzene rings is 1. The minimum atomic E-state index is -0.894. The summed E-state index contributed by atoms with van der Waals surface area (Å²) in [5.74, 6) is -0.334. The van der Waals surface area contributed by atoms with Gasteiger partial charge in [0, 0.05) is 10.2 Å². The Bertz CT molecular complexity index is 531. The number of nitrogens with zero attached hydrogens (tertiary/aromatic N) is 1. The van der Waals surface area contributed by atoms with Crippen LogP contribution in [0.1, 0.15) is 13.8 Å². The molecule has 96 valence electrons. The molecule has 1 saturated heterocycles. The average molecular weight is 332 g/mol. The van der Waals surface area contributed by atoms with Crippen LogP contribution < -0.4 is 10.2 Å². The normalized spacial score (nSPS) is 18.8. The second-order valence-corrected chi connectivity index (χ2v) is 5.92. The summed E-state index contributed by atoms with van der Waals surface area (Å²) in [4.78, 5) is 25.3. The third-order valence-corrected chi connectivity index (χ3v) is 3.98. The van der Waals surface area contributed by atoms with E-state index in [1.54, 1.807) is 32.0 Å². The van der Waals surface area contributed by atoms with E-state index in [1.807, 2.05) is 0 Å². The molecule has 2 rings (SSSR count). The second kappa shape index (κ2) is 4.55. The molecule has 0 aliphatic carbocycles. The molecule has 0 aromatic heterocycles. The highest BCUT2D eigenvalue weighted by atomic mass is 79.9. The maximum atomic E-state index is 12.2. The summed E-state index contributed by atoms with van der Waals surface area (Å²) in [6.07, 6.45) is 0. The highest BCUT2D eigenvalue weighted by molar-refractivity contribution is 9.10. The van der Waals surface area contributed by atoms with Crippen LogP contribution in [-0.4, -0.2) is 23.9 Å². The van der Waals surface area contributed by atoms with Crippen molar-refractivity contribution in [3.8, 4) is 0 Å². The van der Waals surface area contributed by atoms with Gasteiger partial charge in [0.15, 0.2) is 0 Å². The number of hydrogen-bond acceptors (Lipinski definition) is 2. The Morgan fingerprint density at radius 2 is 2.06 bits per heavy atom. The molecular weight excluding hydrogens is 320 g/mol. The molecule has 1 heterocycles. The van der Waals surface area contributed by atoms with Crippen molar-refractivity contribution in [2.45, 2.75) is 19.4 Å². The number of amides is 2. The Labute approximate surface area is 118 Å². The van der Waals surface area contributed by atoms with Gasteiger partial charge in [-0.3, -0.25) is 9.59 Å². The molecule has 4 nitrogen and oxygen atoms in total. The van der Waals surface area contributed by atoms with Crippen molar-refractivity contribution in [3.05, 3.63) is 27.7 Å². The van der Waals surface area contributed by atoms with Crippen molar-refractivity contribution in [2.24, 2.45) is 0 Å². The summed E-state index contributed by atoms with van der Waals surface area (Å²) in [6, 6.07) is 5.17. The fourth-order valence-electron chi connectivity index (χ4n) is 1.86. The molecule has 1 aliphatic heterocycles. The monoisotopic (exact) mass is 330 g/mol. The van der Waals surface area contributed by atoms with Gasteiger partial charge in [0.25, 0.3) is 5.91 Å². The van der Waals surface area contributed by atoms with E-state index in [1.165, 1.54) is 4.90 Å². The standard InChI is InChI=1S/C12H12BrClN2O2/c1-12(2)11(18)16(6-10(17)15-12)7-3-4-8(13)9(14)5-7/h3-5H,6H2,1-2H3,(H,15,17). The summed E-state index contributed by atoms with van der Waals surface area (Å²) in [5, 5.41) is 3.16. The molecular formula is C12H12BrClN2O2. The molecule has 18 heavy (non-hydrogen) atoms. The Kier molecular flexibility index (Phi) is 3.38. The van der Waals surface area contributed by atoms with Gasteiger partial charge in [0.2, 0.25) is 5.91 Å². The van der Waals surface area contributed by atoms with Gasteiger partial charge in [-0.05, 0) is 48.0 Å². The SMILES string of the molecule is CC1(C)NC(=O)CN(c2ccc(Br)c(Cl)c2)C1=O. The van der Waals surface area contributed by atoms with Gasteiger partial charge < -0.3 is 10.2 Å². The van der Waals surface area contributed by atoms with Gasteiger partial charge in [-0.1, -0.05) is 11.6 Å². The summed E-state index contributed by atoms with van der Waals surface area (Å²) < 4.78 is 0.751. The lowest BCUT2D eigenvalue weighted by Crippen LogP contribution is -2.64. The lowest BCUT2D eigenvalue weighted by Gasteiger charge is -2.37. The van der Waals surface area contributed by atoms with Gasteiger partial charge in [-0.25, -0.2) is 0 Å². The smallest absolute Gasteiger partial charge is 0.252 e. The molecule has 6 heteroatoms. The predicted molar refractivity (Wildman–Crippen MR) is 73.7 cm³/mol. The maximum Gasteiger partial charge on any atom is 0.252 e.